The number of carbonyl (C=O) groups is 1. The highest BCUT2D eigenvalue weighted by molar-refractivity contribution is 14.1. The first-order valence-corrected chi connectivity index (χ1v) is 13.3. The van der Waals surface area contributed by atoms with Crippen LogP contribution in [0.15, 0.2) is 50.7 Å². The maximum atomic E-state index is 13.6. The van der Waals surface area contributed by atoms with Crippen LogP contribution in [0.25, 0.3) is 6.08 Å². The predicted molar refractivity (Wildman–Crippen MR) is 142 cm³/mol. The number of fused-ring (bicyclic) bond motifs is 1. The van der Waals surface area contributed by atoms with Gasteiger partial charge in [-0.2, -0.15) is 5.26 Å². The highest BCUT2D eigenvalue weighted by Crippen LogP contribution is 2.35. The second-order valence-corrected chi connectivity index (χ2v) is 10.4. The Labute approximate surface area is 222 Å². The lowest BCUT2D eigenvalue weighted by molar-refractivity contribution is -0.139. The number of hydrogen-bond donors (Lipinski definition) is 0. The normalized spacial score (nSPS) is 15.3. The number of allylic oxidation sites excluding steroid dienone is 1. The molecule has 0 spiro atoms. The number of aromatic nitrogens is 1. The molecule has 3 heterocycles. The second kappa shape index (κ2) is 10.8. The number of ether oxygens (including phenoxy) is 3. The lowest BCUT2D eigenvalue weighted by Gasteiger charge is -2.23. The van der Waals surface area contributed by atoms with Crippen molar-refractivity contribution in [2.45, 2.75) is 19.9 Å². The fraction of sp³-hybridized carbons (Fsp3) is 0.250. The van der Waals surface area contributed by atoms with Gasteiger partial charge in [0.25, 0.3) is 5.56 Å². The molecule has 4 rings (SSSR count). The number of benzene rings is 1. The van der Waals surface area contributed by atoms with Gasteiger partial charge in [0.15, 0.2) is 22.9 Å². The van der Waals surface area contributed by atoms with Gasteiger partial charge in [-0.05, 0) is 71.7 Å². The lowest BCUT2D eigenvalue weighted by atomic mass is 10.0. The number of methoxy groups -OCH3 is 1. The SMILES string of the molecule is CCOC(=O)C1=C(C)N=c2s/c(=C\c3cc(I)c(OCC#N)c(OC)c3)c(=O)n2[C@H]1c1cccs1. The maximum absolute atomic E-state index is 13.6. The number of nitriles is 1. The number of hydrogen-bond acceptors (Lipinski definition) is 9. The van der Waals surface area contributed by atoms with Crippen LogP contribution >= 0.6 is 45.3 Å². The van der Waals surface area contributed by atoms with Crippen LogP contribution in [0.5, 0.6) is 11.5 Å². The van der Waals surface area contributed by atoms with Crippen molar-refractivity contribution in [2.75, 3.05) is 20.3 Å². The van der Waals surface area contributed by atoms with Gasteiger partial charge in [-0.15, -0.1) is 11.3 Å². The van der Waals surface area contributed by atoms with Gasteiger partial charge in [0.2, 0.25) is 0 Å². The molecule has 0 fully saturated rings. The van der Waals surface area contributed by atoms with E-state index in [1.807, 2.05) is 29.6 Å². The molecule has 0 N–H and O–H groups in total. The molecule has 1 aliphatic heterocycles. The molecule has 0 aliphatic carbocycles. The van der Waals surface area contributed by atoms with E-state index in [0.717, 1.165) is 14.0 Å². The molecular weight excluding hydrogens is 601 g/mol. The molecule has 0 bridgehead atoms. The highest BCUT2D eigenvalue weighted by atomic mass is 127. The molecule has 8 nitrogen and oxygen atoms in total. The number of rotatable bonds is 7. The van der Waals surface area contributed by atoms with E-state index in [-0.39, 0.29) is 18.8 Å². The van der Waals surface area contributed by atoms with Crippen LogP contribution in [0, 0.1) is 14.9 Å². The van der Waals surface area contributed by atoms with Gasteiger partial charge in [-0.3, -0.25) is 9.36 Å². The van der Waals surface area contributed by atoms with E-state index in [0.29, 0.717) is 32.1 Å². The van der Waals surface area contributed by atoms with Gasteiger partial charge in [-0.1, -0.05) is 17.4 Å². The predicted octanol–water partition coefficient (Wildman–Crippen LogP) is 3.38. The smallest absolute Gasteiger partial charge is 0.338 e. The van der Waals surface area contributed by atoms with E-state index in [9.17, 15) is 9.59 Å². The van der Waals surface area contributed by atoms with E-state index < -0.39 is 12.0 Å². The number of halogens is 1. The molecule has 0 radical (unpaired) electrons. The van der Waals surface area contributed by atoms with Crippen LogP contribution in [-0.4, -0.2) is 30.9 Å². The van der Waals surface area contributed by atoms with E-state index in [2.05, 4.69) is 27.6 Å². The Morgan fingerprint density at radius 1 is 1.40 bits per heavy atom. The Morgan fingerprint density at radius 2 is 2.20 bits per heavy atom. The molecule has 1 atom stereocenters. The van der Waals surface area contributed by atoms with Crippen molar-refractivity contribution in [2.24, 2.45) is 4.99 Å². The van der Waals surface area contributed by atoms with Gasteiger partial charge in [0, 0.05) is 4.88 Å². The molecule has 0 amide bonds. The molecule has 35 heavy (non-hydrogen) atoms. The van der Waals surface area contributed by atoms with Gasteiger partial charge in [-0.25, -0.2) is 9.79 Å². The zero-order chi connectivity index (χ0) is 25.1. The Morgan fingerprint density at radius 3 is 2.86 bits per heavy atom. The van der Waals surface area contributed by atoms with Crippen molar-refractivity contribution in [1.29, 1.82) is 5.26 Å². The summed E-state index contributed by atoms with van der Waals surface area (Å²) in [6, 6.07) is 8.72. The quantitative estimate of drug-likeness (QED) is 0.296. The number of nitrogens with zero attached hydrogens (tertiary/aromatic N) is 3. The number of thiazole rings is 1. The van der Waals surface area contributed by atoms with Gasteiger partial charge in [0.05, 0.1) is 33.1 Å². The minimum Gasteiger partial charge on any atom is -0.493 e. The third-order valence-corrected chi connectivity index (χ3v) is 7.87. The fourth-order valence-electron chi connectivity index (χ4n) is 3.73. The highest BCUT2D eigenvalue weighted by Gasteiger charge is 2.33. The van der Waals surface area contributed by atoms with E-state index in [4.69, 9.17) is 19.5 Å². The summed E-state index contributed by atoms with van der Waals surface area (Å²) in [4.78, 5) is 32.4. The molecular formula is C24H20IN3O5S2. The average Bonchev–Trinajstić information content (AvgIpc) is 3.46. The molecule has 1 aliphatic rings. The van der Waals surface area contributed by atoms with Crippen molar-refractivity contribution < 1.29 is 19.0 Å². The van der Waals surface area contributed by atoms with Crippen molar-refractivity contribution in [3.63, 3.8) is 0 Å². The number of thiophene rings is 1. The first-order chi connectivity index (χ1) is 16.9. The summed E-state index contributed by atoms with van der Waals surface area (Å²) in [5.41, 5.74) is 1.38. The first-order valence-electron chi connectivity index (χ1n) is 10.5. The zero-order valence-corrected chi connectivity index (χ0v) is 22.8. The van der Waals surface area contributed by atoms with E-state index in [1.165, 1.54) is 29.8 Å². The number of carbonyl (C=O) groups excluding carboxylic acids is 1. The Bertz CT molecular complexity index is 1530. The minimum absolute atomic E-state index is 0.102. The van der Waals surface area contributed by atoms with Crippen LogP contribution < -0.4 is 24.4 Å². The average molecular weight is 621 g/mol. The molecule has 3 aromatic rings. The molecule has 0 saturated carbocycles. The maximum Gasteiger partial charge on any atom is 0.338 e. The topological polar surface area (TPSA) is 103 Å². The van der Waals surface area contributed by atoms with Crippen LogP contribution in [0.4, 0.5) is 0 Å². The third-order valence-electron chi connectivity index (χ3n) is 5.16. The number of esters is 1. The largest absolute Gasteiger partial charge is 0.493 e. The van der Waals surface area contributed by atoms with Gasteiger partial charge in [0.1, 0.15) is 12.1 Å². The standard InChI is InChI=1S/C24H20IN3O5S2/c1-4-32-23(30)19-13(2)27-24-28(20(19)17-6-5-9-34-17)22(29)18(35-24)12-14-10-15(25)21(33-8-7-26)16(11-14)31-3/h5-6,9-12,20H,4,8H2,1-3H3/b18-12-/t20-/m0/s1. The van der Waals surface area contributed by atoms with Crippen LogP contribution in [0.1, 0.15) is 30.3 Å². The molecule has 11 heteroatoms. The van der Waals surface area contributed by atoms with E-state index in [1.54, 1.807) is 30.6 Å². The molecule has 180 valence electrons. The van der Waals surface area contributed by atoms with Crippen molar-refractivity contribution in [3.05, 3.63) is 74.6 Å². The summed E-state index contributed by atoms with van der Waals surface area (Å²) in [6.07, 6.45) is 1.76. The Kier molecular flexibility index (Phi) is 7.73. The molecule has 0 unspecified atom stereocenters. The monoisotopic (exact) mass is 621 g/mol. The van der Waals surface area contributed by atoms with Gasteiger partial charge >= 0.3 is 5.97 Å². The fourth-order valence-corrected chi connectivity index (χ4v) is 6.38. The van der Waals surface area contributed by atoms with Crippen LogP contribution in [0.2, 0.25) is 0 Å². The lowest BCUT2D eigenvalue weighted by Crippen LogP contribution is -2.39. The van der Waals surface area contributed by atoms with Crippen LogP contribution in [-0.2, 0) is 9.53 Å². The van der Waals surface area contributed by atoms with Crippen molar-refractivity contribution >= 4 is 57.3 Å². The van der Waals surface area contributed by atoms with Crippen LogP contribution in [0.3, 0.4) is 0 Å². The van der Waals surface area contributed by atoms with Crippen molar-refractivity contribution in [1.82, 2.24) is 4.57 Å². The summed E-state index contributed by atoms with van der Waals surface area (Å²) in [6.45, 7) is 3.63. The molecule has 1 aromatic carbocycles. The Hall–Kier alpha value is -2.95. The second-order valence-electron chi connectivity index (χ2n) is 7.30. The Balaban J connectivity index is 1.88. The van der Waals surface area contributed by atoms with Gasteiger partial charge < -0.3 is 14.2 Å². The van der Waals surface area contributed by atoms with E-state index >= 15 is 0 Å². The summed E-state index contributed by atoms with van der Waals surface area (Å²) in [7, 11) is 1.52. The minimum atomic E-state index is -0.608. The third kappa shape index (κ3) is 4.91. The summed E-state index contributed by atoms with van der Waals surface area (Å²) in [5.74, 6) is 0.456. The molecule has 2 aromatic heterocycles. The summed E-state index contributed by atoms with van der Waals surface area (Å²) >= 11 is 4.83. The zero-order valence-electron chi connectivity index (χ0n) is 19.0. The molecule has 0 saturated heterocycles. The first kappa shape index (κ1) is 25.2. The summed E-state index contributed by atoms with van der Waals surface area (Å²) in [5, 5.41) is 10.7. The summed E-state index contributed by atoms with van der Waals surface area (Å²) < 4.78 is 19.0. The van der Waals surface area contributed by atoms with Crippen molar-refractivity contribution in [3.8, 4) is 17.6 Å².